The van der Waals surface area contributed by atoms with Crippen molar-refractivity contribution in [3.8, 4) is 0 Å². The fourth-order valence-electron chi connectivity index (χ4n) is 1.83. The lowest BCUT2D eigenvalue weighted by molar-refractivity contribution is -0.134. The topological polar surface area (TPSA) is 114 Å². The average molecular weight is 367 g/mol. The molecule has 0 aromatic heterocycles. The molecule has 0 saturated carbocycles. The van der Waals surface area contributed by atoms with Crippen molar-refractivity contribution in [3.05, 3.63) is 0 Å². The van der Waals surface area contributed by atoms with E-state index in [1.807, 2.05) is 0 Å². The van der Waals surface area contributed by atoms with Crippen molar-refractivity contribution >= 4 is 43.2 Å². The Balaban J connectivity index is 0.00000484. The fraction of sp³-hybridized carbons (Fsp3) is 0.769. The third-order valence-corrected chi connectivity index (χ3v) is 3.71. The number of carbonyl (C=O) groups excluding carboxylic acids is 3. The highest BCUT2D eigenvalue weighted by atomic mass is 32.2. The molecule has 0 bridgehead atoms. The normalized spacial score (nSPS) is 15.4. The molecule has 1 rings (SSSR count). The van der Waals surface area contributed by atoms with Crippen LogP contribution >= 0.6 is 25.3 Å². The van der Waals surface area contributed by atoms with Gasteiger partial charge in [-0.1, -0.05) is 0 Å². The number of rotatable bonds is 5. The summed E-state index contributed by atoms with van der Waals surface area (Å²) in [6, 6.07) is -0.958. The third kappa shape index (κ3) is 8.33. The second-order valence-electron chi connectivity index (χ2n) is 5.85. The summed E-state index contributed by atoms with van der Waals surface area (Å²) in [4.78, 5) is 37.6. The molecule has 1 atom stereocenters. The minimum absolute atomic E-state index is 0. The Morgan fingerprint density at radius 3 is 2.48 bits per heavy atom. The van der Waals surface area contributed by atoms with E-state index in [9.17, 15) is 14.4 Å². The molecule has 23 heavy (non-hydrogen) atoms. The maximum absolute atomic E-state index is 12.4. The van der Waals surface area contributed by atoms with Crippen LogP contribution in [0.4, 0.5) is 4.79 Å². The number of carbonyl (C=O) groups is 3. The van der Waals surface area contributed by atoms with Crippen LogP contribution in [0.2, 0.25) is 0 Å². The van der Waals surface area contributed by atoms with Crippen molar-refractivity contribution in [1.29, 1.82) is 0 Å². The zero-order valence-corrected chi connectivity index (χ0v) is 15.5. The molecule has 1 heterocycles. The zero-order valence-electron chi connectivity index (χ0n) is 13.7. The summed E-state index contributed by atoms with van der Waals surface area (Å²) in [5.74, 6) is 0.718. The molecule has 0 aromatic carbocycles. The molecule has 134 valence electrons. The number of hydrogen-bond acceptors (Lipinski definition) is 6. The maximum Gasteiger partial charge on any atom is 0.408 e. The SMILES string of the molecule is CC(C)(C)OC(=O)N[C@@H](CC(=O)NCN)C(=O)N1CCSC1.S. The van der Waals surface area contributed by atoms with Gasteiger partial charge in [0.25, 0.3) is 0 Å². The Labute approximate surface area is 147 Å². The van der Waals surface area contributed by atoms with Gasteiger partial charge in [-0.05, 0) is 20.8 Å². The molecule has 0 unspecified atom stereocenters. The Hall–Kier alpha value is -1.13. The Morgan fingerprint density at radius 2 is 2.00 bits per heavy atom. The first-order valence-corrected chi connectivity index (χ1v) is 8.21. The quantitative estimate of drug-likeness (QED) is 0.588. The molecule has 0 spiro atoms. The largest absolute Gasteiger partial charge is 0.444 e. The van der Waals surface area contributed by atoms with Crippen LogP contribution in [0, 0.1) is 0 Å². The van der Waals surface area contributed by atoms with E-state index in [1.54, 1.807) is 37.4 Å². The Bertz CT molecular complexity index is 423. The molecule has 1 aliphatic heterocycles. The average Bonchev–Trinajstić information content (AvgIpc) is 2.88. The number of nitrogens with two attached hydrogens (primary N) is 1. The number of thioether (sulfide) groups is 1. The lowest BCUT2D eigenvalue weighted by Crippen LogP contribution is -2.51. The summed E-state index contributed by atoms with van der Waals surface area (Å²) in [6.45, 7) is 5.76. The van der Waals surface area contributed by atoms with Gasteiger partial charge in [0.15, 0.2) is 0 Å². The van der Waals surface area contributed by atoms with Gasteiger partial charge in [-0.25, -0.2) is 4.79 Å². The fourth-order valence-corrected chi connectivity index (χ4v) is 2.78. The molecule has 0 radical (unpaired) electrons. The first-order chi connectivity index (χ1) is 10.2. The highest BCUT2D eigenvalue weighted by Gasteiger charge is 2.31. The number of alkyl carbamates (subject to hydrolysis) is 1. The van der Waals surface area contributed by atoms with Crippen LogP contribution < -0.4 is 16.4 Å². The van der Waals surface area contributed by atoms with E-state index in [2.05, 4.69) is 10.6 Å². The van der Waals surface area contributed by atoms with Crippen molar-refractivity contribution in [3.63, 3.8) is 0 Å². The smallest absolute Gasteiger partial charge is 0.408 e. The van der Waals surface area contributed by atoms with E-state index >= 15 is 0 Å². The number of nitrogens with zero attached hydrogens (tertiary/aromatic N) is 1. The first kappa shape index (κ1) is 21.9. The minimum atomic E-state index is -0.958. The molecule has 8 nitrogen and oxygen atoms in total. The van der Waals surface area contributed by atoms with Crippen LogP contribution in [-0.4, -0.2) is 59.3 Å². The molecule has 1 saturated heterocycles. The van der Waals surface area contributed by atoms with Gasteiger partial charge in [0, 0.05) is 12.3 Å². The van der Waals surface area contributed by atoms with Crippen molar-refractivity contribution in [1.82, 2.24) is 15.5 Å². The molecule has 1 aliphatic rings. The Morgan fingerprint density at radius 1 is 1.35 bits per heavy atom. The number of amides is 3. The van der Waals surface area contributed by atoms with Crippen LogP contribution in [0.15, 0.2) is 0 Å². The van der Waals surface area contributed by atoms with Crippen LogP contribution in [0.1, 0.15) is 27.2 Å². The summed E-state index contributed by atoms with van der Waals surface area (Å²) < 4.78 is 5.14. The van der Waals surface area contributed by atoms with E-state index in [1.165, 1.54) is 0 Å². The summed E-state index contributed by atoms with van der Waals surface area (Å²) in [6.07, 6.45) is -0.894. The molecule has 3 amide bonds. The van der Waals surface area contributed by atoms with E-state index in [0.717, 1.165) is 5.75 Å². The van der Waals surface area contributed by atoms with E-state index in [0.29, 0.717) is 12.4 Å². The standard InChI is InChI=1S/C13H24N4O4S.H2S/c1-13(2,3)21-12(20)16-9(6-10(18)15-7-14)11(19)17-4-5-22-8-17;/h9H,4-8,14H2,1-3H3,(H,15,18)(H,16,20);1H2/t9-;/m0./s1. The van der Waals surface area contributed by atoms with Crippen LogP contribution in [0.25, 0.3) is 0 Å². The summed E-state index contributed by atoms with van der Waals surface area (Å²) in [5.41, 5.74) is 4.57. The van der Waals surface area contributed by atoms with Gasteiger partial charge in [-0.2, -0.15) is 13.5 Å². The predicted molar refractivity (Wildman–Crippen MR) is 94.4 cm³/mol. The summed E-state index contributed by atoms with van der Waals surface area (Å²) in [5, 5.41) is 4.89. The van der Waals surface area contributed by atoms with Gasteiger partial charge < -0.3 is 26.0 Å². The molecular formula is C13H26N4O4S2. The minimum Gasteiger partial charge on any atom is -0.444 e. The van der Waals surface area contributed by atoms with E-state index in [4.69, 9.17) is 10.5 Å². The van der Waals surface area contributed by atoms with Gasteiger partial charge in [0.2, 0.25) is 11.8 Å². The van der Waals surface area contributed by atoms with Crippen LogP contribution in [0.3, 0.4) is 0 Å². The second-order valence-corrected chi connectivity index (χ2v) is 6.92. The third-order valence-electron chi connectivity index (χ3n) is 2.74. The van der Waals surface area contributed by atoms with E-state index < -0.39 is 23.6 Å². The highest BCUT2D eigenvalue weighted by Crippen LogP contribution is 2.15. The predicted octanol–water partition coefficient (Wildman–Crippen LogP) is -0.0521. The van der Waals surface area contributed by atoms with Gasteiger partial charge in [0.05, 0.1) is 19.0 Å². The van der Waals surface area contributed by atoms with Crippen LogP contribution in [-0.2, 0) is 14.3 Å². The van der Waals surface area contributed by atoms with Gasteiger partial charge in [-0.3, -0.25) is 9.59 Å². The highest BCUT2D eigenvalue weighted by molar-refractivity contribution is 7.99. The lowest BCUT2D eigenvalue weighted by atomic mass is 10.1. The molecule has 1 fully saturated rings. The molecule has 4 N–H and O–H groups in total. The van der Waals surface area contributed by atoms with Crippen molar-refractivity contribution in [2.75, 3.05) is 24.8 Å². The van der Waals surface area contributed by atoms with Gasteiger partial charge in [0.1, 0.15) is 11.6 Å². The van der Waals surface area contributed by atoms with Crippen molar-refractivity contribution in [2.45, 2.75) is 38.8 Å². The van der Waals surface area contributed by atoms with Crippen molar-refractivity contribution in [2.24, 2.45) is 5.73 Å². The molecular weight excluding hydrogens is 340 g/mol. The lowest BCUT2D eigenvalue weighted by Gasteiger charge is -2.25. The Kier molecular flexibility index (Phi) is 9.40. The van der Waals surface area contributed by atoms with Gasteiger partial charge in [-0.15, -0.1) is 11.8 Å². The maximum atomic E-state index is 12.4. The second kappa shape index (κ2) is 9.89. The summed E-state index contributed by atoms with van der Waals surface area (Å²) in [7, 11) is 0. The van der Waals surface area contributed by atoms with Gasteiger partial charge >= 0.3 is 6.09 Å². The van der Waals surface area contributed by atoms with E-state index in [-0.39, 0.29) is 32.5 Å². The summed E-state index contributed by atoms with van der Waals surface area (Å²) >= 11 is 1.63. The number of hydrogen-bond donors (Lipinski definition) is 3. The first-order valence-electron chi connectivity index (χ1n) is 7.05. The zero-order chi connectivity index (χ0) is 16.8. The number of nitrogens with one attached hydrogen (secondary N) is 2. The molecule has 10 heteroatoms. The molecule has 0 aromatic rings. The van der Waals surface area contributed by atoms with Crippen molar-refractivity contribution < 1.29 is 19.1 Å². The molecule has 0 aliphatic carbocycles. The number of ether oxygens (including phenoxy) is 1. The monoisotopic (exact) mass is 366 g/mol. The van der Waals surface area contributed by atoms with Crippen LogP contribution in [0.5, 0.6) is 0 Å².